The number of benzene rings is 2. The summed E-state index contributed by atoms with van der Waals surface area (Å²) >= 11 is 3.41. The maximum Gasteiger partial charge on any atom is 0.228 e. The molecule has 2 nitrogen and oxygen atoms in total. The zero-order chi connectivity index (χ0) is 14.1. The molecule has 0 bridgehead atoms. The summed E-state index contributed by atoms with van der Waals surface area (Å²) in [7, 11) is 0. The van der Waals surface area contributed by atoms with Crippen molar-refractivity contribution in [3.63, 3.8) is 0 Å². The van der Waals surface area contributed by atoms with E-state index in [0.29, 0.717) is 6.54 Å². The molecular formula is C16H13BrFNO. The summed E-state index contributed by atoms with van der Waals surface area (Å²) in [5, 5.41) is 2.90. The normalized spacial score (nSPS) is 21.8. The lowest BCUT2D eigenvalue weighted by Crippen LogP contribution is -2.18. The van der Waals surface area contributed by atoms with Crippen molar-refractivity contribution in [2.45, 2.75) is 11.8 Å². The van der Waals surface area contributed by atoms with Crippen molar-refractivity contribution >= 4 is 21.8 Å². The van der Waals surface area contributed by atoms with Crippen LogP contribution in [0.2, 0.25) is 0 Å². The highest BCUT2D eigenvalue weighted by molar-refractivity contribution is 9.10. The molecule has 1 aliphatic heterocycles. The van der Waals surface area contributed by atoms with E-state index in [1.54, 1.807) is 12.1 Å². The van der Waals surface area contributed by atoms with E-state index >= 15 is 0 Å². The minimum Gasteiger partial charge on any atom is -0.355 e. The monoisotopic (exact) mass is 333 g/mol. The molecule has 2 aromatic rings. The molecule has 1 heterocycles. The molecule has 3 rings (SSSR count). The molecule has 20 heavy (non-hydrogen) atoms. The van der Waals surface area contributed by atoms with Gasteiger partial charge in [0.2, 0.25) is 5.91 Å². The fourth-order valence-corrected chi connectivity index (χ4v) is 2.96. The summed E-state index contributed by atoms with van der Waals surface area (Å²) in [6.45, 7) is 0.614. The maximum atomic E-state index is 13.0. The topological polar surface area (TPSA) is 29.1 Å². The first kappa shape index (κ1) is 13.3. The van der Waals surface area contributed by atoms with E-state index in [0.717, 1.165) is 15.6 Å². The first-order chi connectivity index (χ1) is 9.65. The third-order valence-corrected chi connectivity index (χ3v) is 4.24. The number of hydrogen-bond donors (Lipinski definition) is 1. The van der Waals surface area contributed by atoms with Crippen LogP contribution in [-0.4, -0.2) is 12.5 Å². The Bertz CT molecular complexity index is 624. The van der Waals surface area contributed by atoms with E-state index in [2.05, 4.69) is 21.2 Å². The minimum absolute atomic E-state index is 0.00419. The van der Waals surface area contributed by atoms with Crippen molar-refractivity contribution < 1.29 is 9.18 Å². The number of halogens is 2. The Morgan fingerprint density at radius 2 is 1.60 bits per heavy atom. The van der Waals surface area contributed by atoms with Crippen molar-refractivity contribution in [2.24, 2.45) is 0 Å². The van der Waals surface area contributed by atoms with Crippen LogP contribution in [-0.2, 0) is 4.79 Å². The zero-order valence-corrected chi connectivity index (χ0v) is 12.2. The molecule has 0 radical (unpaired) electrons. The van der Waals surface area contributed by atoms with Crippen LogP contribution < -0.4 is 5.32 Å². The molecule has 102 valence electrons. The van der Waals surface area contributed by atoms with Crippen molar-refractivity contribution in [3.05, 3.63) is 69.9 Å². The van der Waals surface area contributed by atoms with Gasteiger partial charge in [0, 0.05) is 16.9 Å². The third-order valence-electron chi connectivity index (χ3n) is 3.71. The second kappa shape index (κ2) is 5.37. The molecule has 2 aromatic carbocycles. The van der Waals surface area contributed by atoms with Crippen molar-refractivity contribution in [1.82, 2.24) is 5.32 Å². The van der Waals surface area contributed by atoms with Crippen molar-refractivity contribution in [2.75, 3.05) is 6.54 Å². The summed E-state index contributed by atoms with van der Waals surface area (Å²) in [6.07, 6.45) is 0. The minimum atomic E-state index is -0.285. The molecular weight excluding hydrogens is 321 g/mol. The molecule has 1 saturated heterocycles. The Morgan fingerprint density at radius 1 is 1.00 bits per heavy atom. The first-order valence-electron chi connectivity index (χ1n) is 6.44. The maximum absolute atomic E-state index is 13.0. The predicted octanol–water partition coefficient (Wildman–Crippen LogP) is 3.59. The van der Waals surface area contributed by atoms with Gasteiger partial charge in [-0.25, -0.2) is 4.39 Å². The highest BCUT2D eigenvalue weighted by atomic mass is 79.9. The largest absolute Gasteiger partial charge is 0.355 e. The van der Waals surface area contributed by atoms with Crippen molar-refractivity contribution in [3.8, 4) is 0 Å². The van der Waals surface area contributed by atoms with Gasteiger partial charge in [-0.1, -0.05) is 40.2 Å². The smallest absolute Gasteiger partial charge is 0.228 e. The van der Waals surface area contributed by atoms with E-state index in [9.17, 15) is 9.18 Å². The summed E-state index contributed by atoms with van der Waals surface area (Å²) < 4.78 is 14.0. The highest BCUT2D eigenvalue weighted by Crippen LogP contribution is 2.37. The van der Waals surface area contributed by atoms with E-state index in [1.165, 1.54) is 12.1 Å². The van der Waals surface area contributed by atoms with Gasteiger partial charge in [-0.15, -0.1) is 0 Å². The number of amides is 1. The number of carbonyl (C=O) groups excluding carboxylic acids is 1. The highest BCUT2D eigenvalue weighted by Gasteiger charge is 2.36. The van der Waals surface area contributed by atoms with Crippen LogP contribution in [0.5, 0.6) is 0 Å². The molecule has 2 atom stereocenters. The van der Waals surface area contributed by atoms with Gasteiger partial charge in [0.15, 0.2) is 0 Å². The quantitative estimate of drug-likeness (QED) is 0.894. The Kier molecular flexibility index (Phi) is 3.57. The fraction of sp³-hybridized carbons (Fsp3) is 0.188. The summed E-state index contributed by atoms with van der Waals surface area (Å²) in [4.78, 5) is 12.1. The average molecular weight is 334 g/mol. The average Bonchev–Trinajstić information content (AvgIpc) is 2.83. The Labute approximate surface area is 125 Å². The lowest BCUT2D eigenvalue weighted by Gasteiger charge is -2.17. The van der Waals surface area contributed by atoms with Crippen molar-refractivity contribution in [1.29, 1.82) is 0 Å². The summed E-state index contributed by atoms with van der Waals surface area (Å²) in [5.41, 5.74) is 1.97. The van der Waals surface area contributed by atoms with Gasteiger partial charge < -0.3 is 5.32 Å². The molecule has 0 aromatic heterocycles. The molecule has 0 aliphatic carbocycles. The Balaban J connectivity index is 1.96. The fourth-order valence-electron chi connectivity index (χ4n) is 2.70. The molecule has 1 aliphatic rings. The number of hydrogen-bond acceptors (Lipinski definition) is 1. The van der Waals surface area contributed by atoms with Crippen LogP contribution in [0.15, 0.2) is 53.0 Å². The van der Waals surface area contributed by atoms with E-state index in [4.69, 9.17) is 0 Å². The van der Waals surface area contributed by atoms with E-state index in [1.807, 2.05) is 24.3 Å². The van der Waals surface area contributed by atoms with Gasteiger partial charge >= 0.3 is 0 Å². The molecule has 1 N–H and O–H groups in total. The van der Waals surface area contributed by atoms with Crippen LogP contribution >= 0.6 is 15.9 Å². The molecule has 1 fully saturated rings. The van der Waals surface area contributed by atoms with Gasteiger partial charge in [0.05, 0.1) is 5.92 Å². The Hall–Kier alpha value is -1.68. The van der Waals surface area contributed by atoms with Crippen LogP contribution in [0.3, 0.4) is 0 Å². The van der Waals surface area contributed by atoms with Gasteiger partial charge in [0.25, 0.3) is 0 Å². The van der Waals surface area contributed by atoms with Gasteiger partial charge in [0.1, 0.15) is 5.82 Å². The Morgan fingerprint density at radius 3 is 2.25 bits per heavy atom. The number of carbonyl (C=O) groups is 1. The van der Waals surface area contributed by atoms with Crippen LogP contribution in [0.1, 0.15) is 23.0 Å². The number of nitrogens with one attached hydrogen (secondary N) is 1. The zero-order valence-electron chi connectivity index (χ0n) is 10.6. The molecule has 0 spiro atoms. The predicted molar refractivity (Wildman–Crippen MR) is 79.0 cm³/mol. The van der Waals surface area contributed by atoms with E-state index in [-0.39, 0.29) is 23.6 Å². The summed E-state index contributed by atoms with van der Waals surface area (Å²) in [5.74, 6) is -0.449. The molecule has 4 heteroatoms. The first-order valence-corrected chi connectivity index (χ1v) is 7.23. The van der Waals surface area contributed by atoms with Crippen LogP contribution in [0.4, 0.5) is 4.39 Å². The van der Waals surface area contributed by atoms with E-state index < -0.39 is 0 Å². The molecule has 0 saturated carbocycles. The second-order valence-corrected chi connectivity index (χ2v) is 5.85. The second-order valence-electron chi connectivity index (χ2n) is 4.93. The lowest BCUT2D eigenvalue weighted by molar-refractivity contribution is -0.120. The summed E-state index contributed by atoms with van der Waals surface area (Å²) in [6, 6.07) is 14.2. The van der Waals surface area contributed by atoms with Crippen LogP contribution in [0.25, 0.3) is 0 Å². The van der Waals surface area contributed by atoms with Gasteiger partial charge in [-0.05, 0) is 35.4 Å². The van der Waals surface area contributed by atoms with Crippen LogP contribution in [0, 0.1) is 5.82 Å². The SMILES string of the molecule is O=C1NC[C@@H](c2ccc(Br)cc2)[C@@H]1c1ccc(F)cc1. The standard InChI is InChI=1S/C16H13BrFNO/c17-12-5-1-10(2-6-12)14-9-19-16(20)15(14)11-3-7-13(18)8-4-11/h1-8,14-15H,9H2,(H,19,20)/t14-,15-/m0/s1. The third kappa shape index (κ3) is 2.48. The van der Waals surface area contributed by atoms with Gasteiger partial charge in [-0.2, -0.15) is 0 Å². The number of rotatable bonds is 2. The lowest BCUT2D eigenvalue weighted by atomic mass is 9.84. The molecule has 0 unspecified atom stereocenters. The molecule has 1 amide bonds. The van der Waals surface area contributed by atoms with Gasteiger partial charge in [-0.3, -0.25) is 4.79 Å².